The van der Waals surface area contributed by atoms with Crippen LogP contribution in [-0.2, 0) is 0 Å². The highest BCUT2D eigenvalue weighted by molar-refractivity contribution is 4.99. The van der Waals surface area contributed by atoms with Crippen LogP contribution in [0, 0.1) is 0 Å². The lowest BCUT2D eigenvalue weighted by Gasteiger charge is -2.23. The van der Waals surface area contributed by atoms with Crippen molar-refractivity contribution in [2.24, 2.45) is 5.73 Å². The molecule has 0 heterocycles. The minimum Gasteiger partial charge on any atom is -0.326 e. The van der Waals surface area contributed by atoms with Gasteiger partial charge in [-0.15, -0.1) is 0 Å². The molecule has 0 spiro atoms. The fourth-order valence-electron chi connectivity index (χ4n) is 1.17. The lowest BCUT2D eigenvalue weighted by Crippen LogP contribution is -2.44. The van der Waals surface area contributed by atoms with Crippen LogP contribution in [0.3, 0.4) is 0 Å². The van der Waals surface area contributed by atoms with Crippen molar-refractivity contribution >= 4 is 0 Å². The molecular weight excluding hydrogens is 112 g/mol. The van der Waals surface area contributed by atoms with Crippen LogP contribution in [0.4, 0.5) is 0 Å². The van der Waals surface area contributed by atoms with Crippen LogP contribution in [0.2, 0.25) is 0 Å². The van der Waals surface area contributed by atoms with Gasteiger partial charge in [0.25, 0.3) is 0 Å². The van der Waals surface area contributed by atoms with Crippen molar-refractivity contribution in [3.05, 3.63) is 12.2 Å². The third-order valence-electron chi connectivity index (χ3n) is 1.85. The topological polar surface area (TPSA) is 38.0 Å². The van der Waals surface area contributed by atoms with Crippen molar-refractivity contribution < 1.29 is 0 Å². The van der Waals surface area contributed by atoms with Crippen molar-refractivity contribution in [3.8, 4) is 0 Å². The van der Waals surface area contributed by atoms with Gasteiger partial charge in [0.05, 0.1) is 0 Å². The molecule has 0 amide bonds. The Morgan fingerprint density at radius 3 is 2.56 bits per heavy atom. The predicted molar refractivity (Wildman–Crippen MR) is 39.2 cm³/mol. The number of hydrogen-bond donors (Lipinski definition) is 2. The highest BCUT2D eigenvalue weighted by atomic mass is 14.9. The number of nitrogens with one attached hydrogen (secondary N) is 1. The molecule has 0 bridgehead atoms. The van der Waals surface area contributed by atoms with E-state index in [9.17, 15) is 0 Å². The van der Waals surface area contributed by atoms with Crippen LogP contribution >= 0.6 is 0 Å². The third-order valence-corrected chi connectivity index (χ3v) is 1.85. The van der Waals surface area contributed by atoms with Gasteiger partial charge >= 0.3 is 0 Å². The van der Waals surface area contributed by atoms with Crippen LogP contribution in [-0.4, -0.2) is 19.1 Å². The van der Waals surface area contributed by atoms with E-state index in [1.807, 2.05) is 7.05 Å². The van der Waals surface area contributed by atoms with Crippen molar-refractivity contribution in [1.82, 2.24) is 5.32 Å². The van der Waals surface area contributed by atoms with E-state index in [-0.39, 0.29) is 0 Å². The summed E-state index contributed by atoms with van der Waals surface area (Å²) in [5.41, 5.74) is 5.78. The summed E-state index contributed by atoms with van der Waals surface area (Å²) in [5, 5.41) is 3.18. The van der Waals surface area contributed by atoms with Crippen molar-refractivity contribution in [1.29, 1.82) is 0 Å². The van der Waals surface area contributed by atoms with Crippen molar-refractivity contribution in [2.45, 2.75) is 24.9 Å². The highest BCUT2D eigenvalue weighted by Crippen LogP contribution is 2.08. The molecule has 0 unspecified atom stereocenters. The second-order valence-corrected chi connectivity index (χ2v) is 2.50. The summed E-state index contributed by atoms with van der Waals surface area (Å²) in [6.07, 6.45) is 6.44. The zero-order valence-corrected chi connectivity index (χ0v) is 5.80. The summed E-state index contributed by atoms with van der Waals surface area (Å²) in [7, 11) is 1.96. The monoisotopic (exact) mass is 126 g/mol. The molecule has 3 N–H and O–H groups in total. The Balaban J connectivity index is 2.43. The lowest BCUT2D eigenvalue weighted by molar-refractivity contribution is 0.450. The summed E-state index contributed by atoms with van der Waals surface area (Å²) in [4.78, 5) is 0. The molecule has 0 saturated heterocycles. The fraction of sp³-hybridized carbons (Fsp3) is 0.714. The Labute approximate surface area is 56.1 Å². The van der Waals surface area contributed by atoms with Gasteiger partial charge in [0.1, 0.15) is 0 Å². The van der Waals surface area contributed by atoms with Gasteiger partial charge in [0.15, 0.2) is 0 Å². The van der Waals surface area contributed by atoms with Crippen LogP contribution in [0.25, 0.3) is 0 Å². The molecule has 0 saturated carbocycles. The average molecular weight is 126 g/mol. The standard InChI is InChI=1S/C7H14N2/c1-9-7-5-3-2-4-6(7)8/h2-3,6-7,9H,4-5,8H2,1H3/t6-,7+/m0/s1. The summed E-state index contributed by atoms with van der Waals surface area (Å²) in [5.74, 6) is 0. The second kappa shape index (κ2) is 2.99. The first-order valence-corrected chi connectivity index (χ1v) is 3.42. The molecule has 0 aromatic rings. The van der Waals surface area contributed by atoms with Crippen molar-refractivity contribution in [2.75, 3.05) is 7.05 Å². The van der Waals surface area contributed by atoms with E-state index in [1.54, 1.807) is 0 Å². The maximum Gasteiger partial charge on any atom is 0.0253 e. The smallest absolute Gasteiger partial charge is 0.0253 e. The van der Waals surface area contributed by atoms with E-state index < -0.39 is 0 Å². The molecular formula is C7H14N2. The van der Waals surface area contributed by atoms with Gasteiger partial charge in [-0.3, -0.25) is 0 Å². The zero-order chi connectivity index (χ0) is 6.69. The van der Waals surface area contributed by atoms with Crippen LogP contribution < -0.4 is 11.1 Å². The minimum atomic E-state index is 0.319. The second-order valence-electron chi connectivity index (χ2n) is 2.50. The Morgan fingerprint density at radius 2 is 2.11 bits per heavy atom. The van der Waals surface area contributed by atoms with E-state index >= 15 is 0 Å². The molecule has 2 nitrogen and oxygen atoms in total. The maximum absolute atomic E-state index is 5.78. The molecule has 0 aromatic carbocycles. The number of hydrogen-bond acceptors (Lipinski definition) is 2. The highest BCUT2D eigenvalue weighted by Gasteiger charge is 2.15. The normalized spacial score (nSPS) is 34.9. The van der Waals surface area contributed by atoms with Gasteiger partial charge < -0.3 is 11.1 Å². The largest absolute Gasteiger partial charge is 0.326 e. The summed E-state index contributed by atoms with van der Waals surface area (Å²) in [6.45, 7) is 0. The van der Waals surface area contributed by atoms with E-state index in [0.29, 0.717) is 12.1 Å². The van der Waals surface area contributed by atoms with Gasteiger partial charge in [0, 0.05) is 12.1 Å². The molecule has 0 aromatic heterocycles. The summed E-state index contributed by atoms with van der Waals surface area (Å²) in [6, 6.07) is 0.815. The zero-order valence-electron chi connectivity index (χ0n) is 5.80. The molecule has 52 valence electrons. The third kappa shape index (κ3) is 1.53. The van der Waals surface area contributed by atoms with Gasteiger partial charge in [-0.05, 0) is 19.9 Å². The number of likely N-dealkylation sites (N-methyl/N-ethyl adjacent to an activating group) is 1. The first-order valence-electron chi connectivity index (χ1n) is 3.42. The molecule has 1 aliphatic carbocycles. The lowest BCUT2D eigenvalue weighted by atomic mass is 9.97. The summed E-state index contributed by atoms with van der Waals surface area (Å²) < 4.78 is 0. The van der Waals surface area contributed by atoms with Gasteiger partial charge in [-0.2, -0.15) is 0 Å². The van der Waals surface area contributed by atoms with Crippen LogP contribution in [0.1, 0.15) is 12.8 Å². The van der Waals surface area contributed by atoms with Gasteiger partial charge in [0.2, 0.25) is 0 Å². The van der Waals surface area contributed by atoms with Crippen LogP contribution in [0.15, 0.2) is 12.2 Å². The molecule has 2 atom stereocenters. The Morgan fingerprint density at radius 1 is 1.44 bits per heavy atom. The Kier molecular flexibility index (Phi) is 2.25. The minimum absolute atomic E-state index is 0.319. The molecule has 1 aliphatic rings. The SMILES string of the molecule is CN[C@@H]1CC=CC[C@@H]1N. The molecule has 2 heteroatoms. The van der Waals surface area contributed by atoms with Crippen LogP contribution in [0.5, 0.6) is 0 Å². The number of nitrogens with two attached hydrogens (primary N) is 1. The Bertz CT molecular complexity index is 109. The first kappa shape index (κ1) is 6.78. The number of rotatable bonds is 1. The van der Waals surface area contributed by atoms with E-state index in [1.165, 1.54) is 0 Å². The molecule has 0 radical (unpaired) electrons. The molecule has 0 fully saturated rings. The van der Waals surface area contributed by atoms with E-state index in [2.05, 4.69) is 17.5 Å². The maximum atomic E-state index is 5.78. The molecule has 1 rings (SSSR count). The molecule has 0 aliphatic heterocycles. The average Bonchev–Trinajstić information content (AvgIpc) is 1.89. The van der Waals surface area contributed by atoms with Gasteiger partial charge in [-0.25, -0.2) is 0 Å². The Hall–Kier alpha value is -0.340. The quantitative estimate of drug-likeness (QED) is 0.494. The first-order chi connectivity index (χ1) is 4.34. The molecule has 9 heavy (non-hydrogen) atoms. The van der Waals surface area contributed by atoms with Crippen molar-refractivity contribution in [3.63, 3.8) is 0 Å². The van der Waals surface area contributed by atoms with Gasteiger partial charge in [-0.1, -0.05) is 12.2 Å². The fourth-order valence-corrected chi connectivity index (χ4v) is 1.17. The summed E-state index contributed by atoms with van der Waals surface area (Å²) >= 11 is 0. The van der Waals surface area contributed by atoms with E-state index in [0.717, 1.165) is 12.8 Å². The van der Waals surface area contributed by atoms with E-state index in [4.69, 9.17) is 5.73 Å². The predicted octanol–water partition coefficient (Wildman–Crippen LogP) is 0.252.